The second-order valence-electron chi connectivity index (χ2n) is 4.84. The topological polar surface area (TPSA) is 56.3 Å². The van der Waals surface area contributed by atoms with E-state index in [9.17, 15) is 0 Å². The summed E-state index contributed by atoms with van der Waals surface area (Å²) in [5.74, 6) is 0. The van der Waals surface area contributed by atoms with E-state index in [1.165, 1.54) is 11.1 Å². The molecule has 1 aliphatic heterocycles. The first-order valence-electron chi connectivity index (χ1n) is 6.40. The van der Waals surface area contributed by atoms with Gasteiger partial charge in [-0.25, -0.2) is 0 Å². The van der Waals surface area contributed by atoms with Crippen molar-refractivity contribution in [3.8, 4) is 0 Å². The van der Waals surface area contributed by atoms with Crippen LogP contribution in [0.2, 0.25) is 0 Å². The molecule has 5 nitrogen and oxygen atoms in total. The second kappa shape index (κ2) is 4.93. The quantitative estimate of drug-likeness (QED) is 0.847. The summed E-state index contributed by atoms with van der Waals surface area (Å²) in [5, 5.41) is 4.35. The smallest absolute Gasteiger partial charge is 0.0758 e. The highest BCUT2D eigenvalue weighted by molar-refractivity contribution is 5.53. The third kappa shape index (κ3) is 2.42. The summed E-state index contributed by atoms with van der Waals surface area (Å²) >= 11 is 0. The molecule has 2 N–H and O–H groups in total. The first kappa shape index (κ1) is 12.0. The summed E-state index contributed by atoms with van der Waals surface area (Å²) in [6.45, 7) is 3.28. The lowest BCUT2D eigenvalue weighted by atomic mass is 10.1. The molecule has 0 atom stereocenters. The highest BCUT2D eigenvalue weighted by atomic mass is 16.5. The van der Waals surface area contributed by atoms with Crippen molar-refractivity contribution in [1.82, 2.24) is 9.78 Å². The molecule has 0 spiro atoms. The van der Waals surface area contributed by atoms with Gasteiger partial charge in [0.15, 0.2) is 0 Å². The minimum Gasteiger partial charge on any atom is -0.399 e. The molecular formula is C14H18N4O. The highest BCUT2D eigenvalue weighted by Gasteiger charge is 2.20. The lowest BCUT2D eigenvalue weighted by molar-refractivity contribution is 0.183. The van der Waals surface area contributed by atoms with Crippen molar-refractivity contribution in [3.63, 3.8) is 0 Å². The predicted molar refractivity (Wildman–Crippen MR) is 74.8 cm³/mol. The van der Waals surface area contributed by atoms with Gasteiger partial charge in [0.05, 0.1) is 25.0 Å². The maximum absolute atomic E-state index is 5.83. The van der Waals surface area contributed by atoms with Crippen LogP contribution >= 0.6 is 0 Å². The molecule has 3 rings (SSSR count). The zero-order valence-electron chi connectivity index (χ0n) is 11.0. The van der Waals surface area contributed by atoms with E-state index in [0.29, 0.717) is 6.61 Å². The SMILES string of the molecule is COCCn1cc(N2Cc3ccc(N)cc3C2)cn1. The highest BCUT2D eigenvalue weighted by Crippen LogP contribution is 2.28. The van der Waals surface area contributed by atoms with Gasteiger partial charge in [-0.15, -0.1) is 0 Å². The average Bonchev–Trinajstić information content (AvgIpc) is 3.01. The fourth-order valence-corrected chi connectivity index (χ4v) is 2.42. The van der Waals surface area contributed by atoms with Crippen molar-refractivity contribution < 1.29 is 4.74 Å². The molecule has 100 valence electrons. The Hall–Kier alpha value is -2.01. The summed E-state index contributed by atoms with van der Waals surface area (Å²) in [5.41, 5.74) is 10.5. The number of nitrogens with two attached hydrogens (primary N) is 1. The van der Waals surface area contributed by atoms with Gasteiger partial charge in [-0.05, 0) is 23.3 Å². The molecule has 2 heterocycles. The van der Waals surface area contributed by atoms with Gasteiger partial charge in [0.1, 0.15) is 0 Å². The van der Waals surface area contributed by atoms with Gasteiger partial charge in [-0.1, -0.05) is 6.07 Å². The van der Waals surface area contributed by atoms with Crippen molar-refractivity contribution in [2.45, 2.75) is 19.6 Å². The summed E-state index contributed by atoms with van der Waals surface area (Å²) in [6, 6.07) is 6.13. The predicted octanol–water partition coefficient (Wildman–Crippen LogP) is 1.63. The Balaban J connectivity index is 1.73. The number of hydrogen-bond donors (Lipinski definition) is 1. The zero-order chi connectivity index (χ0) is 13.2. The van der Waals surface area contributed by atoms with Crippen LogP contribution in [-0.2, 0) is 24.4 Å². The fourth-order valence-electron chi connectivity index (χ4n) is 2.42. The van der Waals surface area contributed by atoms with E-state index < -0.39 is 0 Å². The molecule has 1 aromatic heterocycles. The number of fused-ring (bicyclic) bond motifs is 1. The normalized spacial score (nSPS) is 13.8. The fraction of sp³-hybridized carbons (Fsp3) is 0.357. The van der Waals surface area contributed by atoms with Gasteiger partial charge in [0.2, 0.25) is 0 Å². The van der Waals surface area contributed by atoms with E-state index in [-0.39, 0.29) is 0 Å². The molecule has 0 radical (unpaired) electrons. The maximum atomic E-state index is 5.83. The molecule has 0 bridgehead atoms. The molecule has 19 heavy (non-hydrogen) atoms. The van der Waals surface area contributed by atoms with Gasteiger partial charge >= 0.3 is 0 Å². The molecular weight excluding hydrogens is 240 g/mol. The third-order valence-corrected chi connectivity index (χ3v) is 3.46. The maximum Gasteiger partial charge on any atom is 0.0758 e. The van der Waals surface area contributed by atoms with E-state index in [0.717, 1.165) is 31.0 Å². The van der Waals surface area contributed by atoms with E-state index in [1.807, 2.05) is 16.9 Å². The molecule has 0 unspecified atom stereocenters. The van der Waals surface area contributed by atoms with Gasteiger partial charge in [-0.3, -0.25) is 4.68 Å². The van der Waals surface area contributed by atoms with Gasteiger partial charge < -0.3 is 15.4 Å². The van der Waals surface area contributed by atoms with Crippen molar-refractivity contribution in [1.29, 1.82) is 0 Å². The van der Waals surface area contributed by atoms with E-state index in [2.05, 4.69) is 28.3 Å². The van der Waals surface area contributed by atoms with Crippen molar-refractivity contribution in [2.75, 3.05) is 24.4 Å². The largest absolute Gasteiger partial charge is 0.399 e. The standard InChI is InChI=1S/C14H18N4O/c1-19-5-4-18-10-14(7-16-18)17-8-11-2-3-13(15)6-12(11)9-17/h2-3,6-7,10H,4-5,8-9,15H2,1H3. The van der Waals surface area contributed by atoms with Crippen LogP contribution in [0.4, 0.5) is 11.4 Å². The first-order valence-corrected chi connectivity index (χ1v) is 6.40. The summed E-state index contributed by atoms with van der Waals surface area (Å²) in [6.07, 6.45) is 3.97. The molecule has 0 saturated heterocycles. The van der Waals surface area contributed by atoms with Crippen LogP contribution in [0.3, 0.4) is 0 Å². The third-order valence-electron chi connectivity index (χ3n) is 3.46. The van der Waals surface area contributed by atoms with Crippen molar-refractivity contribution in [3.05, 3.63) is 41.7 Å². The Bertz CT molecular complexity index is 579. The molecule has 0 amide bonds. The lowest BCUT2D eigenvalue weighted by Crippen LogP contribution is -2.13. The van der Waals surface area contributed by atoms with Crippen LogP contribution in [0.5, 0.6) is 0 Å². The monoisotopic (exact) mass is 258 g/mol. The number of rotatable bonds is 4. The molecule has 2 aromatic rings. The Labute approximate surface area is 112 Å². The Morgan fingerprint density at radius 3 is 3.00 bits per heavy atom. The Kier molecular flexibility index (Phi) is 3.13. The number of ether oxygens (including phenoxy) is 1. The number of nitrogen functional groups attached to an aromatic ring is 1. The number of anilines is 2. The van der Waals surface area contributed by atoms with Crippen LogP contribution < -0.4 is 10.6 Å². The lowest BCUT2D eigenvalue weighted by Gasteiger charge is -2.14. The summed E-state index contributed by atoms with van der Waals surface area (Å²) in [7, 11) is 1.70. The molecule has 5 heteroatoms. The zero-order valence-corrected chi connectivity index (χ0v) is 11.0. The van der Waals surface area contributed by atoms with E-state index in [4.69, 9.17) is 10.5 Å². The van der Waals surface area contributed by atoms with E-state index >= 15 is 0 Å². The van der Waals surface area contributed by atoms with Crippen LogP contribution in [0.1, 0.15) is 11.1 Å². The molecule has 0 saturated carbocycles. The number of aromatic nitrogens is 2. The van der Waals surface area contributed by atoms with Crippen LogP contribution in [-0.4, -0.2) is 23.5 Å². The van der Waals surface area contributed by atoms with Crippen molar-refractivity contribution in [2.24, 2.45) is 0 Å². The van der Waals surface area contributed by atoms with E-state index in [1.54, 1.807) is 7.11 Å². The number of hydrogen-bond acceptors (Lipinski definition) is 4. The molecule has 1 aliphatic rings. The molecule has 1 aromatic carbocycles. The van der Waals surface area contributed by atoms with Gasteiger partial charge in [0, 0.05) is 32.1 Å². The van der Waals surface area contributed by atoms with Gasteiger partial charge in [0.25, 0.3) is 0 Å². The number of methoxy groups -OCH3 is 1. The van der Waals surface area contributed by atoms with Crippen molar-refractivity contribution >= 4 is 11.4 Å². The average molecular weight is 258 g/mol. The van der Waals surface area contributed by atoms with Crippen LogP contribution in [0, 0.1) is 0 Å². The van der Waals surface area contributed by atoms with Crippen LogP contribution in [0.15, 0.2) is 30.6 Å². The summed E-state index contributed by atoms with van der Waals surface area (Å²) < 4.78 is 6.97. The molecule has 0 aliphatic carbocycles. The van der Waals surface area contributed by atoms with Crippen LogP contribution in [0.25, 0.3) is 0 Å². The summed E-state index contributed by atoms with van der Waals surface area (Å²) in [4.78, 5) is 2.31. The number of benzene rings is 1. The molecule has 0 fully saturated rings. The Morgan fingerprint density at radius 1 is 1.32 bits per heavy atom. The first-order chi connectivity index (χ1) is 9.26. The van der Waals surface area contributed by atoms with Gasteiger partial charge in [-0.2, -0.15) is 5.10 Å². The number of nitrogens with zero attached hydrogens (tertiary/aromatic N) is 3. The minimum atomic E-state index is 0.678. The Morgan fingerprint density at radius 2 is 2.16 bits per heavy atom. The minimum absolute atomic E-state index is 0.678. The second-order valence-corrected chi connectivity index (χ2v) is 4.84.